The highest BCUT2D eigenvalue weighted by Gasteiger charge is 2.12. The highest BCUT2D eigenvalue weighted by molar-refractivity contribution is 9.10. The Balaban J connectivity index is 1.99. The van der Waals surface area contributed by atoms with Crippen LogP contribution >= 0.6 is 27.5 Å². The lowest BCUT2D eigenvalue weighted by Crippen LogP contribution is -2.15. The van der Waals surface area contributed by atoms with E-state index in [1.54, 1.807) is 7.11 Å². The maximum Gasteiger partial charge on any atom is 0.213 e. The van der Waals surface area contributed by atoms with Crippen LogP contribution in [0.1, 0.15) is 30.0 Å². The van der Waals surface area contributed by atoms with Crippen LogP contribution in [0.25, 0.3) is 0 Å². The van der Waals surface area contributed by atoms with Crippen molar-refractivity contribution in [1.29, 1.82) is 0 Å². The standard InChI is InChI=1S/C18H21BrClNO2/c1-4-16(8-13-5-6-15(20)9-17(13)19)23-11-14-10-21-18(22-3)7-12(14)2/h5-7,9-10,16H,4,8,11H2,1-3H3. The fraction of sp³-hybridized carbons (Fsp3) is 0.389. The van der Waals surface area contributed by atoms with Gasteiger partial charge >= 0.3 is 0 Å². The summed E-state index contributed by atoms with van der Waals surface area (Å²) in [6.07, 6.45) is 3.75. The molecule has 1 aromatic carbocycles. The van der Waals surface area contributed by atoms with Crippen LogP contribution in [0.3, 0.4) is 0 Å². The Morgan fingerprint density at radius 3 is 2.65 bits per heavy atom. The van der Waals surface area contributed by atoms with E-state index in [2.05, 4.69) is 27.8 Å². The zero-order valence-corrected chi connectivity index (χ0v) is 15.9. The van der Waals surface area contributed by atoms with Crippen LogP contribution in [0.5, 0.6) is 5.88 Å². The van der Waals surface area contributed by atoms with Crippen molar-refractivity contribution in [1.82, 2.24) is 4.98 Å². The third-order valence-corrected chi connectivity index (χ3v) is 4.77. The number of ether oxygens (including phenoxy) is 2. The first-order chi connectivity index (χ1) is 11.0. The van der Waals surface area contributed by atoms with Gasteiger partial charge in [-0.2, -0.15) is 0 Å². The molecule has 1 heterocycles. The number of nitrogens with zero attached hydrogens (tertiary/aromatic N) is 1. The summed E-state index contributed by atoms with van der Waals surface area (Å²) in [6, 6.07) is 7.79. The Bertz CT molecular complexity index is 663. The molecule has 1 aromatic heterocycles. The molecule has 3 nitrogen and oxygen atoms in total. The Morgan fingerprint density at radius 1 is 1.26 bits per heavy atom. The molecule has 0 amide bonds. The Kier molecular flexibility index (Phi) is 6.88. The number of aryl methyl sites for hydroxylation is 1. The van der Waals surface area contributed by atoms with Gasteiger partial charge in [-0.15, -0.1) is 0 Å². The summed E-state index contributed by atoms with van der Waals surface area (Å²) in [6.45, 7) is 4.72. The molecule has 5 heteroatoms. The van der Waals surface area contributed by atoms with Gasteiger partial charge in [-0.05, 0) is 48.6 Å². The molecule has 0 saturated carbocycles. The van der Waals surface area contributed by atoms with Gasteiger partial charge in [-0.1, -0.05) is 40.5 Å². The van der Waals surface area contributed by atoms with E-state index < -0.39 is 0 Å². The number of hydrogen-bond donors (Lipinski definition) is 0. The normalized spacial score (nSPS) is 12.2. The summed E-state index contributed by atoms with van der Waals surface area (Å²) in [5.74, 6) is 0.628. The fourth-order valence-corrected chi connectivity index (χ4v) is 3.13. The van der Waals surface area contributed by atoms with Crippen LogP contribution in [-0.2, 0) is 17.8 Å². The minimum atomic E-state index is 0.147. The zero-order chi connectivity index (χ0) is 16.8. The topological polar surface area (TPSA) is 31.4 Å². The molecular formula is C18H21BrClNO2. The van der Waals surface area contributed by atoms with Crippen molar-refractivity contribution in [3.05, 3.63) is 56.6 Å². The summed E-state index contributed by atoms with van der Waals surface area (Å²) in [5.41, 5.74) is 3.41. The van der Waals surface area contributed by atoms with Gasteiger partial charge in [0.1, 0.15) is 0 Å². The maximum absolute atomic E-state index is 6.09. The molecule has 0 aliphatic rings. The molecule has 0 radical (unpaired) electrons. The van der Waals surface area contributed by atoms with Crippen LogP contribution in [-0.4, -0.2) is 18.2 Å². The van der Waals surface area contributed by atoms with E-state index >= 15 is 0 Å². The van der Waals surface area contributed by atoms with Crippen LogP contribution in [0.2, 0.25) is 5.02 Å². The molecule has 1 atom stereocenters. The van der Waals surface area contributed by atoms with Gasteiger partial charge in [0.15, 0.2) is 0 Å². The molecule has 0 aliphatic heterocycles. The molecule has 2 aromatic rings. The van der Waals surface area contributed by atoms with Gasteiger partial charge in [-0.25, -0.2) is 4.98 Å². The van der Waals surface area contributed by atoms with Gasteiger partial charge in [0, 0.05) is 21.8 Å². The average molecular weight is 399 g/mol. The molecular weight excluding hydrogens is 378 g/mol. The second-order valence-electron chi connectivity index (χ2n) is 5.43. The first-order valence-electron chi connectivity index (χ1n) is 7.58. The largest absolute Gasteiger partial charge is 0.481 e. The van der Waals surface area contributed by atoms with E-state index in [9.17, 15) is 0 Å². The first kappa shape index (κ1) is 18.2. The number of methoxy groups -OCH3 is 1. The van der Waals surface area contributed by atoms with Crippen molar-refractivity contribution >= 4 is 27.5 Å². The number of aromatic nitrogens is 1. The van der Waals surface area contributed by atoms with Gasteiger partial charge < -0.3 is 9.47 Å². The second kappa shape index (κ2) is 8.67. The number of hydrogen-bond acceptors (Lipinski definition) is 3. The average Bonchev–Trinajstić information content (AvgIpc) is 2.54. The number of benzene rings is 1. The van der Waals surface area contributed by atoms with E-state index in [-0.39, 0.29) is 6.10 Å². The Labute approximate surface area is 151 Å². The fourth-order valence-electron chi connectivity index (χ4n) is 2.28. The van der Waals surface area contributed by atoms with Crippen molar-refractivity contribution in [3.63, 3.8) is 0 Å². The summed E-state index contributed by atoms with van der Waals surface area (Å²) >= 11 is 9.56. The molecule has 124 valence electrons. The Morgan fingerprint density at radius 2 is 2.04 bits per heavy atom. The molecule has 0 aliphatic carbocycles. The summed E-state index contributed by atoms with van der Waals surface area (Å²) in [5, 5.41) is 0.731. The summed E-state index contributed by atoms with van der Waals surface area (Å²) in [4.78, 5) is 4.25. The smallest absolute Gasteiger partial charge is 0.213 e. The van der Waals surface area contributed by atoms with Crippen molar-refractivity contribution in [3.8, 4) is 5.88 Å². The van der Waals surface area contributed by atoms with Gasteiger partial charge in [0.05, 0.1) is 19.8 Å². The molecule has 0 saturated heterocycles. The predicted molar refractivity (Wildman–Crippen MR) is 97.3 cm³/mol. The molecule has 1 unspecified atom stereocenters. The quantitative estimate of drug-likeness (QED) is 0.630. The van der Waals surface area contributed by atoms with Crippen LogP contribution < -0.4 is 4.74 Å². The second-order valence-corrected chi connectivity index (χ2v) is 6.73. The number of halogens is 2. The lowest BCUT2D eigenvalue weighted by molar-refractivity contribution is 0.0380. The minimum absolute atomic E-state index is 0.147. The first-order valence-corrected chi connectivity index (χ1v) is 8.75. The molecule has 0 spiro atoms. The van der Waals surface area contributed by atoms with E-state index in [1.807, 2.05) is 37.4 Å². The van der Waals surface area contributed by atoms with E-state index in [0.717, 1.165) is 33.5 Å². The SMILES string of the molecule is CCC(Cc1ccc(Cl)cc1Br)OCc1cnc(OC)cc1C. The molecule has 23 heavy (non-hydrogen) atoms. The van der Waals surface area contributed by atoms with Gasteiger partial charge in [0.25, 0.3) is 0 Å². The van der Waals surface area contributed by atoms with Gasteiger partial charge in [-0.3, -0.25) is 0 Å². The zero-order valence-electron chi connectivity index (χ0n) is 13.6. The maximum atomic E-state index is 6.09. The lowest BCUT2D eigenvalue weighted by Gasteiger charge is -2.18. The van der Waals surface area contributed by atoms with E-state index in [1.165, 1.54) is 5.56 Å². The number of rotatable bonds is 7. The van der Waals surface area contributed by atoms with E-state index in [4.69, 9.17) is 21.1 Å². The molecule has 0 bridgehead atoms. The third-order valence-electron chi connectivity index (χ3n) is 3.80. The van der Waals surface area contributed by atoms with Crippen molar-refractivity contribution in [2.24, 2.45) is 0 Å². The molecule has 2 rings (SSSR count). The van der Waals surface area contributed by atoms with Crippen LogP contribution in [0.15, 0.2) is 34.9 Å². The van der Waals surface area contributed by atoms with Crippen LogP contribution in [0.4, 0.5) is 0 Å². The van der Waals surface area contributed by atoms with Crippen molar-refractivity contribution in [2.45, 2.75) is 39.4 Å². The summed E-state index contributed by atoms with van der Waals surface area (Å²) in [7, 11) is 1.62. The van der Waals surface area contributed by atoms with Crippen LogP contribution in [0, 0.1) is 6.92 Å². The van der Waals surface area contributed by atoms with E-state index in [0.29, 0.717) is 12.5 Å². The molecule has 0 N–H and O–H groups in total. The lowest BCUT2D eigenvalue weighted by atomic mass is 10.1. The van der Waals surface area contributed by atoms with Crippen molar-refractivity contribution in [2.75, 3.05) is 7.11 Å². The van der Waals surface area contributed by atoms with Crippen molar-refractivity contribution < 1.29 is 9.47 Å². The highest BCUT2D eigenvalue weighted by Crippen LogP contribution is 2.24. The third kappa shape index (κ3) is 5.20. The summed E-state index contributed by atoms with van der Waals surface area (Å²) < 4.78 is 12.2. The minimum Gasteiger partial charge on any atom is -0.481 e. The molecule has 0 fully saturated rings. The predicted octanol–water partition coefficient (Wildman–Crippen LogP) is 5.35. The Hall–Kier alpha value is -1.10. The monoisotopic (exact) mass is 397 g/mol. The highest BCUT2D eigenvalue weighted by atomic mass is 79.9. The number of pyridine rings is 1. The van der Waals surface area contributed by atoms with Gasteiger partial charge in [0.2, 0.25) is 5.88 Å².